The van der Waals surface area contributed by atoms with Crippen LogP contribution in [0.4, 0.5) is 5.69 Å². The molecule has 1 atom stereocenters. The minimum absolute atomic E-state index is 0.103. The van der Waals surface area contributed by atoms with Gasteiger partial charge in [0, 0.05) is 23.7 Å². The highest BCUT2D eigenvalue weighted by Gasteiger charge is 2.29. The molecule has 0 aliphatic rings. The van der Waals surface area contributed by atoms with E-state index in [9.17, 15) is 19.7 Å². The maximum Gasteiger partial charge on any atom is 0.273 e. The van der Waals surface area contributed by atoms with Crippen LogP contribution in [0.5, 0.6) is 0 Å². The van der Waals surface area contributed by atoms with E-state index in [0.29, 0.717) is 5.56 Å². The number of hydrogen-bond acceptors (Lipinski definition) is 4. The molecule has 0 aliphatic heterocycles. The van der Waals surface area contributed by atoms with Gasteiger partial charge in [-0.25, -0.2) is 0 Å². The second-order valence-electron chi connectivity index (χ2n) is 8.43. The number of nitrogens with zero attached hydrogens (tertiary/aromatic N) is 2. The molecule has 30 heavy (non-hydrogen) atoms. The van der Waals surface area contributed by atoms with Crippen LogP contribution < -0.4 is 5.32 Å². The summed E-state index contributed by atoms with van der Waals surface area (Å²) in [4.78, 5) is 38.3. The normalized spacial score (nSPS) is 12.2. The lowest BCUT2D eigenvalue weighted by Gasteiger charge is -2.32. The molecule has 7 heteroatoms. The first kappa shape index (κ1) is 23.1. The van der Waals surface area contributed by atoms with Crippen LogP contribution in [0.3, 0.4) is 0 Å². The molecule has 0 heterocycles. The van der Waals surface area contributed by atoms with Gasteiger partial charge in [-0.2, -0.15) is 0 Å². The van der Waals surface area contributed by atoms with E-state index in [-0.39, 0.29) is 30.5 Å². The molecule has 2 amide bonds. The number of aryl methyl sites for hydroxylation is 1. The number of hydrogen-bond donors (Lipinski definition) is 1. The van der Waals surface area contributed by atoms with E-state index >= 15 is 0 Å². The molecule has 0 radical (unpaired) electrons. The summed E-state index contributed by atoms with van der Waals surface area (Å²) >= 11 is 0. The molecule has 2 rings (SSSR count). The molecule has 0 saturated carbocycles. The molecule has 1 N–H and O–H groups in total. The number of amides is 2. The Morgan fingerprint density at radius 2 is 1.63 bits per heavy atom. The standard InChI is InChI=1S/C23H29N3O4/c1-16-10-6-7-12-19(16)15-25(17(2)22(28)24-23(3,4)5)21(27)14-18-11-8-9-13-20(18)26(29)30/h6-13,17H,14-15H2,1-5H3,(H,24,28)/t17-/m1/s1. The van der Waals surface area contributed by atoms with Crippen molar-refractivity contribution in [3.8, 4) is 0 Å². The van der Waals surface area contributed by atoms with Crippen LogP contribution >= 0.6 is 0 Å². The Morgan fingerprint density at radius 1 is 1.07 bits per heavy atom. The van der Waals surface area contributed by atoms with Crippen molar-refractivity contribution in [1.29, 1.82) is 0 Å². The maximum atomic E-state index is 13.2. The summed E-state index contributed by atoms with van der Waals surface area (Å²) in [6.45, 7) is 9.48. The SMILES string of the molecule is Cc1ccccc1CN(C(=O)Cc1ccccc1[N+](=O)[O-])[C@H](C)C(=O)NC(C)(C)C. The van der Waals surface area contributed by atoms with Gasteiger partial charge in [0.15, 0.2) is 0 Å². The van der Waals surface area contributed by atoms with E-state index < -0.39 is 16.5 Å². The Balaban J connectivity index is 2.35. The molecule has 0 saturated heterocycles. The van der Waals surface area contributed by atoms with Gasteiger partial charge >= 0.3 is 0 Å². The van der Waals surface area contributed by atoms with Crippen LogP contribution in [0.1, 0.15) is 44.4 Å². The zero-order valence-corrected chi connectivity index (χ0v) is 18.1. The number of benzene rings is 2. The van der Waals surface area contributed by atoms with Crippen LogP contribution in [0, 0.1) is 17.0 Å². The summed E-state index contributed by atoms with van der Waals surface area (Å²) in [6, 6.07) is 13.1. The van der Waals surface area contributed by atoms with E-state index in [2.05, 4.69) is 5.32 Å². The zero-order valence-electron chi connectivity index (χ0n) is 18.1. The molecule has 0 aromatic heterocycles. The van der Waals surface area contributed by atoms with Crippen molar-refractivity contribution >= 4 is 17.5 Å². The van der Waals surface area contributed by atoms with Crippen molar-refractivity contribution in [3.63, 3.8) is 0 Å². The Hall–Kier alpha value is -3.22. The lowest BCUT2D eigenvalue weighted by molar-refractivity contribution is -0.385. The highest BCUT2D eigenvalue weighted by molar-refractivity contribution is 5.88. The average Bonchev–Trinajstić information content (AvgIpc) is 2.65. The first-order valence-electron chi connectivity index (χ1n) is 9.88. The zero-order chi connectivity index (χ0) is 22.5. The predicted octanol–water partition coefficient (Wildman–Crippen LogP) is 3.78. The number of carbonyl (C=O) groups excluding carboxylic acids is 2. The summed E-state index contributed by atoms with van der Waals surface area (Å²) in [6.07, 6.45) is -0.157. The van der Waals surface area contributed by atoms with Crippen molar-refractivity contribution < 1.29 is 14.5 Å². The smallest absolute Gasteiger partial charge is 0.273 e. The van der Waals surface area contributed by atoms with Crippen molar-refractivity contribution in [2.24, 2.45) is 0 Å². The molecule has 0 bridgehead atoms. The minimum atomic E-state index is -0.737. The van der Waals surface area contributed by atoms with Gasteiger partial charge in [-0.05, 0) is 45.7 Å². The monoisotopic (exact) mass is 411 g/mol. The molecule has 160 valence electrons. The molecule has 0 unspecified atom stereocenters. The van der Waals surface area contributed by atoms with Gasteiger partial charge in [0.05, 0.1) is 11.3 Å². The van der Waals surface area contributed by atoms with Crippen molar-refractivity contribution in [1.82, 2.24) is 10.2 Å². The first-order valence-corrected chi connectivity index (χ1v) is 9.88. The minimum Gasteiger partial charge on any atom is -0.350 e. The molecular weight excluding hydrogens is 382 g/mol. The second-order valence-corrected chi connectivity index (χ2v) is 8.43. The Bertz CT molecular complexity index is 934. The fourth-order valence-electron chi connectivity index (χ4n) is 3.13. The number of nitro benzene ring substituents is 1. The topological polar surface area (TPSA) is 92.6 Å². The molecule has 0 aliphatic carbocycles. The largest absolute Gasteiger partial charge is 0.350 e. The fraction of sp³-hybridized carbons (Fsp3) is 0.391. The fourth-order valence-corrected chi connectivity index (χ4v) is 3.13. The van der Waals surface area contributed by atoms with Crippen molar-refractivity contribution in [2.75, 3.05) is 0 Å². The molecule has 2 aromatic rings. The van der Waals surface area contributed by atoms with Gasteiger partial charge in [-0.15, -0.1) is 0 Å². The highest BCUT2D eigenvalue weighted by Crippen LogP contribution is 2.21. The second kappa shape index (κ2) is 9.52. The Labute approximate surface area is 177 Å². The van der Waals surface area contributed by atoms with Crippen LogP contribution in [0.2, 0.25) is 0 Å². The predicted molar refractivity (Wildman–Crippen MR) is 116 cm³/mol. The number of carbonyl (C=O) groups is 2. The third-order valence-corrected chi connectivity index (χ3v) is 4.80. The van der Waals surface area contributed by atoms with Gasteiger partial charge in [0.25, 0.3) is 5.69 Å². The third kappa shape index (κ3) is 6.14. The lowest BCUT2D eigenvalue weighted by Crippen LogP contribution is -2.52. The number of nitro groups is 1. The van der Waals surface area contributed by atoms with Gasteiger partial charge in [0.2, 0.25) is 11.8 Å². The Morgan fingerprint density at radius 3 is 2.20 bits per heavy atom. The molecule has 0 fully saturated rings. The van der Waals surface area contributed by atoms with Crippen LogP contribution in [0.25, 0.3) is 0 Å². The molecule has 7 nitrogen and oxygen atoms in total. The van der Waals surface area contributed by atoms with Gasteiger partial charge < -0.3 is 10.2 Å². The van der Waals surface area contributed by atoms with Crippen molar-refractivity contribution in [2.45, 2.75) is 59.2 Å². The molecule has 2 aromatic carbocycles. The van der Waals surface area contributed by atoms with Gasteiger partial charge in [-0.1, -0.05) is 42.5 Å². The summed E-state index contributed by atoms with van der Waals surface area (Å²) in [7, 11) is 0. The first-order chi connectivity index (χ1) is 14.0. The quantitative estimate of drug-likeness (QED) is 0.554. The highest BCUT2D eigenvalue weighted by atomic mass is 16.6. The van der Waals surface area contributed by atoms with E-state index in [1.165, 1.54) is 11.0 Å². The van der Waals surface area contributed by atoms with E-state index in [1.807, 2.05) is 52.0 Å². The van der Waals surface area contributed by atoms with E-state index in [1.54, 1.807) is 25.1 Å². The number of para-hydroxylation sites is 1. The molecular formula is C23H29N3O4. The summed E-state index contributed by atoms with van der Waals surface area (Å²) in [5, 5.41) is 14.2. The summed E-state index contributed by atoms with van der Waals surface area (Å²) in [5.74, 6) is -0.615. The van der Waals surface area contributed by atoms with E-state index in [4.69, 9.17) is 0 Å². The van der Waals surface area contributed by atoms with Crippen molar-refractivity contribution in [3.05, 3.63) is 75.3 Å². The number of nitrogens with one attached hydrogen (secondary N) is 1. The third-order valence-electron chi connectivity index (χ3n) is 4.80. The van der Waals surface area contributed by atoms with Crippen LogP contribution in [-0.2, 0) is 22.6 Å². The number of rotatable bonds is 7. The van der Waals surface area contributed by atoms with Gasteiger partial charge in [0.1, 0.15) is 6.04 Å². The lowest BCUT2D eigenvalue weighted by atomic mass is 10.0. The summed E-state index contributed by atoms with van der Waals surface area (Å²) < 4.78 is 0. The average molecular weight is 412 g/mol. The van der Waals surface area contributed by atoms with E-state index in [0.717, 1.165) is 11.1 Å². The summed E-state index contributed by atoms with van der Waals surface area (Å²) in [5.41, 5.74) is 1.70. The van der Waals surface area contributed by atoms with Gasteiger partial charge in [-0.3, -0.25) is 19.7 Å². The van der Waals surface area contributed by atoms with Crippen LogP contribution in [-0.4, -0.2) is 33.2 Å². The molecule has 0 spiro atoms. The Kier molecular flexibility index (Phi) is 7.32. The maximum absolute atomic E-state index is 13.2. The van der Waals surface area contributed by atoms with Crippen LogP contribution in [0.15, 0.2) is 48.5 Å².